The highest BCUT2D eigenvalue weighted by Crippen LogP contribution is 2.33. The fraction of sp³-hybridized carbons (Fsp3) is 0.316. The molecule has 1 aliphatic rings. The average molecular weight is 349 g/mol. The summed E-state index contributed by atoms with van der Waals surface area (Å²) < 4.78 is 2.17. The van der Waals surface area contributed by atoms with Crippen molar-refractivity contribution < 1.29 is 0 Å². The summed E-state index contributed by atoms with van der Waals surface area (Å²) in [5.41, 5.74) is 5.49. The number of rotatable bonds is 2. The van der Waals surface area contributed by atoms with Gasteiger partial charge in [-0.3, -0.25) is 14.4 Å². The first kappa shape index (κ1) is 15.0. The molecule has 1 saturated heterocycles. The molecule has 0 unspecified atom stereocenters. The Morgan fingerprint density at radius 2 is 1.96 bits per heavy atom. The highest BCUT2D eigenvalue weighted by atomic mass is 32.1. The maximum atomic E-state index is 4.89. The minimum Gasteiger partial charge on any atom is -0.317 e. The zero-order chi connectivity index (χ0) is 16.8. The number of imidazole rings is 1. The molecule has 0 aliphatic carbocycles. The highest BCUT2D eigenvalue weighted by Gasteiger charge is 2.19. The van der Waals surface area contributed by atoms with Crippen LogP contribution in [0, 0.1) is 6.92 Å². The first-order valence-electron chi connectivity index (χ1n) is 8.69. The lowest BCUT2D eigenvalue weighted by molar-refractivity contribution is 0.454. The van der Waals surface area contributed by atoms with Crippen molar-refractivity contribution in [1.82, 2.24) is 24.7 Å². The van der Waals surface area contributed by atoms with Gasteiger partial charge in [-0.05, 0) is 56.1 Å². The van der Waals surface area contributed by atoms with Crippen LogP contribution in [0.4, 0.5) is 0 Å². The molecule has 25 heavy (non-hydrogen) atoms. The van der Waals surface area contributed by atoms with Gasteiger partial charge in [-0.15, -0.1) is 0 Å². The van der Waals surface area contributed by atoms with Gasteiger partial charge in [-0.1, -0.05) is 11.3 Å². The van der Waals surface area contributed by atoms with Gasteiger partial charge in [-0.2, -0.15) is 0 Å². The molecule has 0 bridgehead atoms. The van der Waals surface area contributed by atoms with E-state index in [1.165, 1.54) is 29.0 Å². The minimum atomic E-state index is 0.593. The fourth-order valence-electron chi connectivity index (χ4n) is 3.65. The number of hydrogen-bond acceptors (Lipinski definition) is 5. The molecule has 1 aromatic carbocycles. The molecule has 0 amide bonds. The van der Waals surface area contributed by atoms with Crippen LogP contribution in [0.2, 0.25) is 0 Å². The molecule has 1 N–H and O–H groups in total. The molecule has 0 spiro atoms. The van der Waals surface area contributed by atoms with Crippen molar-refractivity contribution in [3.63, 3.8) is 0 Å². The summed E-state index contributed by atoms with van der Waals surface area (Å²) in [6.45, 7) is 4.28. The Bertz CT molecular complexity index is 1030. The maximum absolute atomic E-state index is 4.89. The predicted molar refractivity (Wildman–Crippen MR) is 101 cm³/mol. The van der Waals surface area contributed by atoms with Crippen LogP contribution in [0.3, 0.4) is 0 Å². The number of thiazole rings is 1. The number of nitrogens with zero attached hydrogens (tertiary/aromatic N) is 4. The quantitative estimate of drug-likeness (QED) is 0.598. The highest BCUT2D eigenvalue weighted by molar-refractivity contribution is 7.20. The molecule has 0 radical (unpaired) electrons. The second-order valence-corrected chi connectivity index (χ2v) is 7.70. The average Bonchev–Trinajstić information content (AvgIpc) is 3.22. The molecular formula is C19H19N5S. The lowest BCUT2D eigenvalue weighted by Crippen LogP contribution is -2.26. The van der Waals surface area contributed by atoms with E-state index in [2.05, 4.69) is 51.1 Å². The second kappa shape index (κ2) is 5.89. The van der Waals surface area contributed by atoms with Gasteiger partial charge in [0.15, 0.2) is 4.96 Å². The van der Waals surface area contributed by atoms with Crippen LogP contribution >= 0.6 is 11.3 Å². The zero-order valence-corrected chi connectivity index (χ0v) is 14.9. The van der Waals surface area contributed by atoms with Crippen LogP contribution in [0.1, 0.15) is 30.0 Å². The van der Waals surface area contributed by atoms with Crippen LogP contribution in [0.5, 0.6) is 0 Å². The molecule has 6 heteroatoms. The number of piperidine rings is 1. The molecule has 5 nitrogen and oxygen atoms in total. The van der Waals surface area contributed by atoms with Crippen molar-refractivity contribution in [1.29, 1.82) is 0 Å². The smallest absolute Gasteiger partial charge is 0.194 e. The maximum Gasteiger partial charge on any atom is 0.194 e. The largest absolute Gasteiger partial charge is 0.317 e. The van der Waals surface area contributed by atoms with Gasteiger partial charge in [0.1, 0.15) is 0 Å². The molecule has 1 aliphatic heterocycles. The lowest BCUT2D eigenvalue weighted by Gasteiger charge is -2.20. The van der Waals surface area contributed by atoms with Crippen molar-refractivity contribution in [2.24, 2.45) is 0 Å². The Morgan fingerprint density at radius 1 is 1.12 bits per heavy atom. The van der Waals surface area contributed by atoms with Crippen LogP contribution in [-0.2, 0) is 0 Å². The summed E-state index contributed by atoms with van der Waals surface area (Å²) in [6, 6.07) is 4.31. The normalized spacial score (nSPS) is 16.0. The van der Waals surface area contributed by atoms with E-state index >= 15 is 0 Å². The van der Waals surface area contributed by atoms with Gasteiger partial charge in [-0.25, -0.2) is 4.98 Å². The van der Waals surface area contributed by atoms with E-state index in [-0.39, 0.29) is 0 Å². The summed E-state index contributed by atoms with van der Waals surface area (Å²) >= 11 is 1.74. The van der Waals surface area contributed by atoms with Gasteiger partial charge >= 0.3 is 0 Å². The molecule has 5 rings (SSSR count). The molecular weight excluding hydrogens is 330 g/mol. The van der Waals surface area contributed by atoms with E-state index in [1.54, 1.807) is 23.7 Å². The Kier molecular flexibility index (Phi) is 3.53. The van der Waals surface area contributed by atoms with Crippen molar-refractivity contribution in [2.75, 3.05) is 13.1 Å². The Labute approximate surface area is 149 Å². The van der Waals surface area contributed by atoms with Gasteiger partial charge in [0.2, 0.25) is 0 Å². The zero-order valence-electron chi connectivity index (χ0n) is 14.1. The van der Waals surface area contributed by atoms with E-state index in [4.69, 9.17) is 4.98 Å². The molecule has 126 valence electrons. The first-order valence-corrected chi connectivity index (χ1v) is 9.50. The van der Waals surface area contributed by atoms with Gasteiger partial charge in [0.05, 0.1) is 21.6 Å². The van der Waals surface area contributed by atoms with Crippen LogP contribution in [0.15, 0.2) is 36.9 Å². The molecule has 0 atom stereocenters. The second-order valence-electron chi connectivity index (χ2n) is 6.69. The van der Waals surface area contributed by atoms with Crippen LogP contribution < -0.4 is 5.32 Å². The summed E-state index contributed by atoms with van der Waals surface area (Å²) in [4.78, 5) is 16.1. The van der Waals surface area contributed by atoms with E-state index < -0.39 is 0 Å². The molecule has 3 aromatic heterocycles. The van der Waals surface area contributed by atoms with E-state index in [0.717, 1.165) is 34.6 Å². The van der Waals surface area contributed by atoms with Crippen molar-refractivity contribution in [3.8, 4) is 10.4 Å². The summed E-state index contributed by atoms with van der Waals surface area (Å²) in [5, 5.41) is 3.42. The Morgan fingerprint density at radius 3 is 2.80 bits per heavy atom. The van der Waals surface area contributed by atoms with E-state index in [1.807, 2.05) is 0 Å². The van der Waals surface area contributed by atoms with Crippen molar-refractivity contribution >= 4 is 27.3 Å². The molecule has 4 aromatic rings. The number of aryl methyl sites for hydroxylation is 1. The molecule has 4 heterocycles. The van der Waals surface area contributed by atoms with Crippen molar-refractivity contribution in [3.05, 3.63) is 48.2 Å². The SMILES string of the molecule is Cc1cc(-c2cn3cc(C4CCNCC4)nc3s2)cc2nccnc12. The molecule has 1 fully saturated rings. The summed E-state index contributed by atoms with van der Waals surface area (Å²) in [5.74, 6) is 0.593. The lowest BCUT2D eigenvalue weighted by atomic mass is 9.95. The van der Waals surface area contributed by atoms with Crippen molar-refractivity contribution in [2.45, 2.75) is 25.7 Å². The minimum absolute atomic E-state index is 0.593. The third-order valence-electron chi connectivity index (χ3n) is 4.98. The van der Waals surface area contributed by atoms with E-state index in [9.17, 15) is 0 Å². The predicted octanol–water partition coefficient (Wildman–Crippen LogP) is 3.78. The van der Waals surface area contributed by atoms with Crippen LogP contribution in [0.25, 0.3) is 26.4 Å². The number of benzene rings is 1. The topological polar surface area (TPSA) is 55.1 Å². The number of aromatic nitrogens is 4. The monoisotopic (exact) mass is 349 g/mol. The van der Waals surface area contributed by atoms with Crippen LogP contribution in [-0.4, -0.2) is 32.4 Å². The number of hydrogen-bond donors (Lipinski definition) is 1. The summed E-state index contributed by atoms with van der Waals surface area (Å²) in [6.07, 6.45) is 10.3. The van der Waals surface area contributed by atoms with Gasteiger partial charge in [0, 0.05) is 30.7 Å². The Balaban J connectivity index is 1.54. The number of fused-ring (bicyclic) bond motifs is 2. The fourth-order valence-corrected chi connectivity index (χ4v) is 4.61. The van der Waals surface area contributed by atoms with E-state index in [0.29, 0.717) is 5.92 Å². The number of nitrogens with one attached hydrogen (secondary N) is 1. The molecule has 0 saturated carbocycles. The third kappa shape index (κ3) is 2.62. The summed E-state index contributed by atoms with van der Waals surface area (Å²) in [7, 11) is 0. The standard InChI is InChI=1S/C19H19N5S/c1-12-8-14(9-15-18(12)22-7-6-21-15)17-11-24-10-16(23-19(24)25-17)13-2-4-20-5-3-13/h6-11,13,20H,2-5H2,1H3. The van der Waals surface area contributed by atoms with Gasteiger partial charge in [0.25, 0.3) is 0 Å². The Hall–Kier alpha value is -2.31. The third-order valence-corrected chi connectivity index (χ3v) is 6.03. The first-order chi connectivity index (χ1) is 12.3. The van der Waals surface area contributed by atoms with Gasteiger partial charge < -0.3 is 5.32 Å².